The number of rotatable bonds is 6. The van der Waals surface area contributed by atoms with Crippen LogP contribution in [0.15, 0.2) is 18.2 Å². The van der Waals surface area contributed by atoms with Crippen LogP contribution in [0.2, 0.25) is 0 Å². The summed E-state index contributed by atoms with van der Waals surface area (Å²) in [6, 6.07) is 5.35. The van der Waals surface area contributed by atoms with Gasteiger partial charge in [0.15, 0.2) is 18.1 Å². The van der Waals surface area contributed by atoms with Crippen molar-refractivity contribution in [1.29, 1.82) is 0 Å². The second-order valence-corrected chi connectivity index (χ2v) is 5.26. The van der Waals surface area contributed by atoms with E-state index >= 15 is 0 Å². The van der Waals surface area contributed by atoms with Gasteiger partial charge in [-0.3, -0.25) is 4.79 Å². The second-order valence-electron chi connectivity index (χ2n) is 5.26. The lowest BCUT2D eigenvalue weighted by Gasteiger charge is -2.31. The van der Waals surface area contributed by atoms with E-state index in [0.717, 1.165) is 10.5 Å². The number of nitrogens with zero attached hydrogens (tertiary/aromatic N) is 1. The molecule has 21 heavy (non-hydrogen) atoms. The van der Waals surface area contributed by atoms with E-state index in [1.54, 1.807) is 12.1 Å². The Hall–Kier alpha value is -2.24. The monoisotopic (exact) mass is 295 g/mol. The Morgan fingerprint density at radius 3 is 2.43 bits per heavy atom. The molecule has 0 bridgehead atoms. The molecule has 1 N–H and O–H groups in total. The molecule has 0 aromatic heterocycles. The average molecular weight is 295 g/mol. The summed E-state index contributed by atoms with van der Waals surface area (Å²) >= 11 is 0. The predicted molar refractivity (Wildman–Crippen MR) is 77.7 cm³/mol. The summed E-state index contributed by atoms with van der Waals surface area (Å²) < 4.78 is 10.6. The van der Waals surface area contributed by atoms with E-state index in [1.807, 2.05) is 13.0 Å². The highest BCUT2D eigenvalue weighted by Crippen LogP contribution is 2.27. The molecule has 116 valence electrons. The third-order valence-electron chi connectivity index (χ3n) is 3.41. The van der Waals surface area contributed by atoms with Crippen LogP contribution in [0, 0.1) is 6.92 Å². The molecule has 0 heterocycles. The lowest BCUT2D eigenvalue weighted by Crippen LogP contribution is -2.52. The Kier molecular flexibility index (Phi) is 5.18. The number of methoxy groups -OCH3 is 1. The Bertz CT molecular complexity index is 539. The standard InChI is InChI=1S/C15H21NO5/c1-10-6-7-11(12(8-10)20-5)21-9-13(17)16(4)15(2,3)14(18)19/h6-8H,9H2,1-5H3,(H,18,19). The van der Waals surface area contributed by atoms with E-state index in [9.17, 15) is 9.59 Å². The number of carbonyl (C=O) groups is 2. The van der Waals surface area contributed by atoms with Gasteiger partial charge in [-0.25, -0.2) is 4.79 Å². The molecule has 6 heteroatoms. The van der Waals surface area contributed by atoms with Crippen LogP contribution in [0.25, 0.3) is 0 Å². The largest absolute Gasteiger partial charge is 0.493 e. The van der Waals surface area contributed by atoms with Crippen molar-refractivity contribution in [2.24, 2.45) is 0 Å². The van der Waals surface area contributed by atoms with Crippen molar-refractivity contribution < 1.29 is 24.2 Å². The number of benzene rings is 1. The van der Waals surface area contributed by atoms with Crippen LogP contribution >= 0.6 is 0 Å². The number of ether oxygens (including phenoxy) is 2. The summed E-state index contributed by atoms with van der Waals surface area (Å²) in [7, 11) is 2.95. The molecule has 6 nitrogen and oxygen atoms in total. The van der Waals surface area contributed by atoms with E-state index < -0.39 is 17.4 Å². The van der Waals surface area contributed by atoms with Gasteiger partial charge in [-0.05, 0) is 38.5 Å². The molecule has 0 aliphatic rings. The highest BCUT2D eigenvalue weighted by atomic mass is 16.5. The molecule has 0 unspecified atom stereocenters. The molecule has 0 radical (unpaired) electrons. The number of aliphatic carboxylic acids is 1. The number of aryl methyl sites for hydroxylation is 1. The first-order valence-electron chi connectivity index (χ1n) is 6.47. The number of hydrogen-bond acceptors (Lipinski definition) is 4. The van der Waals surface area contributed by atoms with Crippen LogP contribution < -0.4 is 9.47 Å². The van der Waals surface area contributed by atoms with Gasteiger partial charge in [0.25, 0.3) is 5.91 Å². The topological polar surface area (TPSA) is 76.1 Å². The number of amides is 1. The maximum atomic E-state index is 12.0. The first-order valence-corrected chi connectivity index (χ1v) is 6.47. The van der Waals surface area contributed by atoms with E-state index in [1.165, 1.54) is 28.0 Å². The number of likely N-dealkylation sites (N-methyl/N-ethyl adjacent to an activating group) is 1. The number of carbonyl (C=O) groups excluding carboxylic acids is 1. The van der Waals surface area contributed by atoms with Crippen LogP contribution in [0.4, 0.5) is 0 Å². The molecule has 1 aromatic rings. The Balaban J connectivity index is 2.76. The lowest BCUT2D eigenvalue weighted by atomic mass is 10.0. The maximum Gasteiger partial charge on any atom is 0.329 e. The molecule has 1 rings (SSSR count). The Labute approximate surface area is 124 Å². The fourth-order valence-corrected chi connectivity index (χ4v) is 1.59. The van der Waals surface area contributed by atoms with Gasteiger partial charge in [-0.1, -0.05) is 6.07 Å². The molecule has 0 fully saturated rings. The summed E-state index contributed by atoms with van der Waals surface area (Å²) in [4.78, 5) is 24.3. The van der Waals surface area contributed by atoms with Crippen molar-refractivity contribution in [2.45, 2.75) is 26.3 Å². The number of carboxylic acids is 1. The van der Waals surface area contributed by atoms with Crippen molar-refractivity contribution in [3.8, 4) is 11.5 Å². The van der Waals surface area contributed by atoms with Crippen LogP contribution in [0.3, 0.4) is 0 Å². The van der Waals surface area contributed by atoms with Crippen molar-refractivity contribution in [3.63, 3.8) is 0 Å². The quantitative estimate of drug-likeness (QED) is 0.864. The van der Waals surface area contributed by atoms with E-state index in [4.69, 9.17) is 14.6 Å². The zero-order valence-electron chi connectivity index (χ0n) is 13.0. The highest BCUT2D eigenvalue weighted by molar-refractivity contribution is 5.86. The van der Waals surface area contributed by atoms with Crippen molar-refractivity contribution in [1.82, 2.24) is 4.90 Å². The fraction of sp³-hybridized carbons (Fsp3) is 0.467. The molecule has 1 amide bonds. The zero-order chi connectivity index (χ0) is 16.2. The first-order chi connectivity index (χ1) is 9.70. The van der Waals surface area contributed by atoms with Gasteiger partial charge in [0.05, 0.1) is 7.11 Å². The Morgan fingerprint density at radius 1 is 1.29 bits per heavy atom. The number of hydrogen-bond donors (Lipinski definition) is 1. The summed E-state index contributed by atoms with van der Waals surface area (Å²) in [5, 5.41) is 9.10. The minimum atomic E-state index is -1.29. The smallest absolute Gasteiger partial charge is 0.329 e. The van der Waals surface area contributed by atoms with E-state index in [2.05, 4.69) is 0 Å². The fourth-order valence-electron chi connectivity index (χ4n) is 1.59. The van der Waals surface area contributed by atoms with Crippen LogP contribution in [-0.4, -0.2) is 48.2 Å². The molecule has 0 saturated heterocycles. The zero-order valence-corrected chi connectivity index (χ0v) is 13.0. The SMILES string of the molecule is COc1cc(C)ccc1OCC(=O)N(C)C(C)(C)C(=O)O. The number of carboxylic acid groups (broad SMARTS) is 1. The molecule has 0 spiro atoms. The van der Waals surface area contributed by atoms with Crippen LogP contribution in [0.1, 0.15) is 19.4 Å². The van der Waals surface area contributed by atoms with Crippen molar-refractivity contribution >= 4 is 11.9 Å². The third kappa shape index (κ3) is 3.87. The molecule has 0 atom stereocenters. The third-order valence-corrected chi connectivity index (χ3v) is 3.41. The van der Waals surface area contributed by atoms with Gasteiger partial charge >= 0.3 is 5.97 Å². The first kappa shape index (κ1) is 16.8. The predicted octanol–water partition coefficient (Wildman–Crippen LogP) is 1.70. The Morgan fingerprint density at radius 2 is 1.90 bits per heavy atom. The summed E-state index contributed by atoms with van der Waals surface area (Å²) in [6.07, 6.45) is 0. The van der Waals surface area contributed by atoms with Gasteiger partial charge in [0.2, 0.25) is 0 Å². The summed E-state index contributed by atoms with van der Waals surface area (Å²) in [6.45, 7) is 4.58. The van der Waals surface area contributed by atoms with Gasteiger partial charge in [0.1, 0.15) is 5.54 Å². The minimum Gasteiger partial charge on any atom is -0.493 e. The highest BCUT2D eigenvalue weighted by Gasteiger charge is 2.35. The van der Waals surface area contributed by atoms with E-state index in [0.29, 0.717) is 11.5 Å². The van der Waals surface area contributed by atoms with E-state index in [-0.39, 0.29) is 6.61 Å². The van der Waals surface area contributed by atoms with Gasteiger partial charge in [0, 0.05) is 7.05 Å². The van der Waals surface area contributed by atoms with Gasteiger partial charge < -0.3 is 19.5 Å². The molecular weight excluding hydrogens is 274 g/mol. The molecule has 0 aliphatic heterocycles. The van der Waals surface area contributed by atoms with Gasteiger partial charge in [-0.15, -0.1) is 0 Å². The summed E-state index contributed by atoms with van der Waals surface area (Å²) in [5.41, 5.74) is -0.285. The van der Waals surface area contributed by atoms with Crippen LogP contribution in [-0.2, 0) is 9.59 Å². The van der Waals surface area contributed by atoms with Crippen molar-refractivity contribution in [3.05, 3.63) is 23.8 Å². The van der Waals surface area contributed by atoms with Crippen LogP contribution in [0.5, 0.6) is 11.5 Å². The second kappa shape index (κ2) is 6.47. The average Bonchev–Trinajstić information content (AvgIpc) is 2.44. The molecule has 0 saturated carbocycles. The lowest BCUT2D eigenvalue weighted by molar-refractivity contribution is -0.156. The van der Waals surface area contributed by atoms with Crippen molar-refractivity contribution in [2.75, 3.05) is 20.8 Å². The van der Waals surface area contributed by atoms with Gasteiger partial charge in [-0.2, -0.15) is 0 Å². The summed E-state index contributed by atoms with van der Waals surface area (Å²) in [5.74, 6) is -0.530. The molecule has 0 aliphatic carbocycles. The molecule has 1 aromatic carbocycles. The maximum absolute atomic E-state index is 12.0. The molecular formula is C15H21NO5. The normalized spacial score (nSPS) is 10.9. The minimum absolute atomic E-state index is 0.257.